The molecule has 26 heavy (non-hydrogen) atoms. The number of aryl methyl sites for hydroxylation is 1. The Balaban J connectivity index is 2.14. The minimum atomic E-state index is -0.0973. The first-order valence-electron chi connectivity index (χ1n) is 9.30. The summed E-state index contributed by atoms with van der Waals surface area (Å²) in [4.78, 5) is 34.0. The molecule has 0 aliphatic rings. The third-order valence-corrected chi connectivity index (χ3v) is 6.47. The van der Waals surface area contributed by atoms with E-state index in [1.54, 1.807) is 11.3 Å². The first kappa shape index (κ1) is 21.0. The number of carbonyl (C=O) groups is 1. The van der Waals surface area contributed by atoms with Gasteiger partial charge in [-0.05, 0) is 38.2 Å². The molecule has 0 saturated carbocycles. The average molecular weight is 396 g/mol. The lowest BCUT2D eigenvalue weighted by molar-refractivity contribution is -0.119. The molecule has 0 bridgehead atoms. The number of nitrogens with one attached hydrogen (secondary N) is 2. The number of thiophene rings is 1. The molecule has 2 aromatic rings. The Kier molecular flexibility index (Phi) is 7.70. The van der Waals surface area contributed by atoms with Crippen LogP contribution in [0.4, 0.5) is 0 Å². The van der Waals surface area contributed by atoms with Gasteiger partial charge in [-0.15, -0.1) is 11.3 Å². The Morgan fingerprint density at radius 1 is 1.35 bits per heavy atom. The van der Waals surface area contributed by atoms with Crippen molar-refractivity contribution in [1.29, 1.82) is 0 Å². The molecule has 1 amide bonds. The van der Waals surface area contributed by atoms with Crippen LogP contribution < -0.4 is 10.9 Å². The molecule has 0 spiro atoms. The minimum absolute atomic E-state index is 0.0292. The van der Waals surface area contributed by atoms with Crippen LogP contribution in [0.1, 0.15) is 57.4 Å². The van der Waals surface area contributed by atoms with E-state index in [1.807, 2.05) is 6.92 Å². The molecular formula is C19H29N3O2S2. The van der Waals surface area contributed by atoms with Gasteiger partial charge in [-0.25, -0.2) is 4.98 Å². The number of aromatic amines is 1. The second-order valence-electron chi connectivity index (χ2n) is 6.95. The summed E-state index contributed by atoms with van der Waals surface area (Å²) in [6.07, 6.45) is 3.99. The van der Waals surface area contributed by atoms with Crippen molar-refractivity contribution in [2.45, 2.75) is 71.5 Å². The van der Waals surface area contributed by atoms with Gasteiger partial charge in [0.25, 0.3) is 5.56 Å². The Hall–Kier alpha value is -1.34. The van der Waals surface area contributed by atoms with Gasteiger partial charge in [-0.1, -0.05) is 45.4 Å². The highest BCUT2D eigenvalue weighted by Crippen LogP contribution is 2.30. The van der Waals surface area contributed by atoms with Crippen LogP contribution >= 0.6 is 23.1 Å². The van der Waals surface area contributed by atoms with E-state index < -0.39 is 0 Å². The summed E-state index contributed by atoms with van der Waals surface area (Å²) >= 11 is 2.85. The topological polar surface area (TPSA) is 74.8 Å². The monoisotopic (exact) mass is 395 g/mol. The molecule has 0 aromatic carbocycles. The van der Waals surface area contributed by atoms with Gasteiger partial charge in [0.05, 0.1) is 11.1 Å². The van der Waals surface area contributed by atoms with Crippen LogP contribution in [0, 0.1) is 12.8 Å². The second-order valence-corrected chi connectivity index (χ2v) is 9.12. The number of fused-ring (bicyclic) bond motifs is 1. The van der Waals surface area contributed by atoms with E-state index in [-0.39, 0.29) is 23.3 Å². The van der Waals surface area contributed by atoms with Crippen molar-refractivity contribution < 1.29 is 4.79 Å². The van der Waals surface area contributed by atoms with Crippen LogP contribution in [-0.4, -0.2) is 27.7 Å². The molecule has 0 aliphatic heterocycles. The molecule has 7 heteroatoms. The molecule has 0 radical (unpaired) electrons. The van der Waals surface area contributed by atoms with E-state index >= 15 is 0 Å². The fraction of sp³-hybridized carbons (Fsp3) is 0.632. The summed E-state index contributed by atoms with van der Waals surface area (Å²) in [7, 11) is 0. The van der Waals surface area contributed by atoms with E-state index in [0.29, 0.717) is 11.1 Å². The van der Waals surface area contributed by atoms with Gasteiger partial charge in [-0.3, -0.25) is 9.59 Å². The summed E-state index contributed by atoms with van der Waals surface area (Å²) in [5, 5.41) is 4.20. The number of thioether (sulfide) groups is 1. The normalized spacial score (nSPS) is 13.7. The van der Waals surface area contributed by atoms with Crippen LogP contribution in [0.3, 0.4) is 0 Å². The van der Waals surface area contributed by atoms with Crippen molar-refractivity contribution in [3.05, 3.63) is 20.8 Å². The molecule has 5 nitrogen and oxygen atoms in total. The van der Waals surface area contributed by atoms with Crippen LogP contribution in [0.2, 0.25) is 0 Å². The first-order chi connectivity index (χ1) is 12.3. The predicted octanol–water partition coefficient (Wildman–Crippen LogP) is 4.28. The summed E-state index contributed by atoms with van der Waals surface area (Å²) in [5.74, 6) is 0.763. The molecule has 0 aliphatic carbocycles. The minimum Gasteiger partial charge on any atom is -0.353 e. The molecule has 0 fully saturated rings. The van der Waals surface area contributed by atoms with Crippen LogP contribution in [0.25, 0.3) is 10.2 Å². The van der Waals surface area contributed by atoms with Crippen molar-refractivity contribution >= 4 is 39.2 Å². The Morgan fingerprint density at radius 2 is 2.08 bits per heavy atom. The van der Waals surface area contributed by atoms with E-state index in [1.165, 1.54) is 11.8 Å². The smallest absolute Gasteiger partial charge is 0.260 e. The number of amides is 1. The van der Waals surface area contributed by atoms with E-state index in [2.05, 4.69) is 43.0 Å². The van der Waals surface area contributed by atoms with Crippen molar-refractivity contribution in [3.8, 4) is 0 Å². The molecule has 2 heterocycles. The van der Waals surface area contributed by atoms with Gasteiger partial charge in [0, 0.05) is 10.9 Å². The fourth-order valence-electron chi connectivity index (χ4n) is 2.92. The highest BCUT2D eigenvalue weighted by atomic mass is 32.2. The standard InChI is InChI=1S/C19H29N3O2S2/c1-6-8-12(4)20-15(23)10-25-19-21-17(24)16-14(9-11(3)7-2)13(5)26-18(16)22-19/h11-12H,6-10H2,1-5H3,(H,20,23)(H,21,22,24)/t11-,12-/m0/s1. The predicted molar refractivity (Wildman–Crippen MR) is 111 cm³/mol. The van der Waals surface area contributed by atoms with Gasteiger partial charge in [-0.2, -0.15) is 0 Å². The summed E-state index contributed by atoms with van der Waals surface area (Å²) in [5.41, 5.74) is 1.02. The maximum Gasteiger partial charge on any atom is 0.260 e. The summed E-state index contributed by atoms with van der Waals surface area (Å²) in [6.45, 7) is 10.5. The number of carbonyl (C=O) groups excluding carboxylic acids is 1. The molecule has 144 valence electrons. The van der Waals surface area contributed by atoms with Crippen molar-refractivity contribution in [2.24, 2.45) is 5.92 Å². The highest BCUT2D eigenvalue weighted by Gasteiger charge is 2.17. The molecule has 0 saturated heterocycles. The quantitative estimate of drug-likeness (QED) is 0.491. The molecule has 2 atom stereocenters. The third-order valence-electron chi connectivity index (χ3n) is 4.56. The molecular weight excluding hydrogens is 366 g/mol. The average Bonchev–Trinajstić information content (AvgIpc) is 2.89. The summed E-state index contributed by atoms with van der Waals surface area (Å²) in [6, 6.07) is 0.172. The number of nitrogens with zero attached hydrogens (tertiary/aromatic N) is 1. The fourth-order valence-corrected chi connectivity index (χ4v) is 4.70. The number of aromatic nitrogens is 2. The largest absolute Gasteiger partial charge is 0.353 e. The lowest BCUT2D eigenvalue weighted by Crippen LogP contribution is -2.33. The number of rotatable bonds is 9. The zero-order valence-electron chi connectivity index (χ0n) is 16.3. The second kappa shape index (κ2) is 9.55. The van der Waals surface area contributed by atoms with Gasteiger partial charge in [0.2, 0.25) is 5.91 Å². The SMILES string of the molecule is CCC[C@H](C)NC(=O)CSc1nc2sc(C)c(C[C@@H](C)CC)c2c(=O)[nH]1. The number of H-pyrrole nitrogens is 1. The van der Waals surface area contributed by atoms with E-state index in [9.17, 15) is 9.59 Å². The van der Waals surface area contributed by atoms with Gasteiger partial charge >= 0.3 is 0 Å². The Morgan fingerprint density at radius 3 is 2.73 bits per heavy atom. The molecule has 2 aromatic heterocycles. The Bertz CT molecular complexity index is 813. The van der Waals surface area contributed by atoms with Gasteiger partial charge in [0.15, 0.2) is 5.16 Å². The van der Waals surface area contributed by atoms with Crippen molar-refractivity contribution in [1.82, 2.24) is 15.3 Å². The maximum atomic E-state index is 12.6. The van der Waals surface area contributed by atoms with E-state index in [4.69, 9.17) is 0 Å². The summed E-state index contributed by atoms with van der Waals surface area (Å²) < 4.78 is 0. The van der Waals surface area contributed by atoms with Crippen LogP contribution in [0.5, 0.6) is 0 Å². The van der Waals surface area contributed by atoms with Crippen molar-refractivity contribution in [2.75, 3.05) is 5.75 Å². The van der Waals surface area contributed by atoms with Gasteiger partial charge < -0.3 is 10.3 Å². The zero-order chi connectivity index (χ0) is 19.3. The van der Waals surface area contributed by atoms with Crippen LogP contribution in [-0.2, 0) is 11.2 Å². The molecule has 2 N–H and O–H groups in total. The number of hydrogen-bond donors (Lipinski definition) is 2. The molecule has 2 rings (SSSR count). The first-order valence-corrected chi connectivity index (χ1v) is 11.1. The van der Waals surface area contributed by atoms with Crippen molar-refractivity contribution in [3.63, 3.8) is 0 Å². The van der Waals surface area contributed by atoms with Crippen LogP contribution in [0.15, 0.2) is 9.95 Å². The van der Waals surface area contributed by atoms with E-state index in [0.717, 1.165) is 46.3 Å². The highest BCUT2D eigenvalue weighted by molar-refractivity contribution is 7.99. The lowest BCUT2D eigenvalue weighted by Gasteiger charge is -2.12. The molecule has 0 unspecified atom stereocenters. The Labute approximate surface area is 163 Å². The zero-order valence-corrected chi connectivity index (χ0v) is 17.9. The van der Waals surface area contributed by atoms with Gasteiger partial charge in [0.1, 0.15) is 4.83 Å². The number of hydrogen-bond acceptors (Lipinski definition) is 5. The maximum absolute atomic E-state index is 12.6. The third kappa shape index (κ3) is 5.33. The lowest BCUT2D eigenvalue weighted by atomic mass is 9.98.